The monoisotopic (exact) mass is 294 g/mol. The molecule has 6 heteroatoms. The van der Waals surface area contributed by atoms with Crippen LogP contribution in [0.2, 0.25) is 0 Å². The first-order valence-electron chi connectivity index (χ1n) is 6.76. The molecule has 1 atom stereocenters. The van der Waals surface area contributed by atoms with Crippen LogP contribution >= 0.6 is 0 Å². The lowest BCUT2D eigenvalue weighted by Crippen LogP contribution is -2.47. The van der Waals surface area contributed by atoms with Crippen LogP contribution in [0.5, 0.6) is 5.75 Å². The molecule has 0 saturated carbocycles. The normalized spacial score (nSPS) is 11.9. The Morgan fingerprint density at radius 1 is 1.38 bits per heavy atom. The molecule has 21 heavy (non-hydrogen) atoms. The number of methoxy groups -OCH3 is 1. The van der Waals surface area contributed by atoms with Crippen LogP contribution in [-0.2, 0) is 4.79 Å². The second kappa shape index (κ2) is 7.52. The number of hydrogen-bond donors (Lipinski definition) is 2. The summed E-state index contributed by atoms with van der Waals surface area (Å²) in [5.41, 5.74) is 0.625. The van der Waals surface area contributed by atoms with Gasteiger partial charge in [-0.2, -0.15) is 0 Å². The van der Waals surface area contributed by atoms with E-state index in [1.54, 1.807) is 38.4 Å². The van der Waals surface area contributed by atoms with Crippen LogP contribution in [0.3, 0.4) is 0 Å². The molecule has 0 radical (unpaired) electrons. The van der Waals surface area contributed by atoms with Gasteiger partial charge in [0.15, 0.2) is 0 Å². The summed E-state index contributed by atoms with van der Waals surface area (Å²) in [6.07, 6.45) is 0.382. The van der Waals surface area contributed by atoms with Gasteiger partial charge in [0.2, 0.25) is 0 Å². The molecular formula is C15H22N2O4. The van der Waals surface area contributed by atoms with E-state index in [1.165, 1.54) is 4.90 Å². The van der Waals surface area contributed by atoms with E-state index < -0.39 is 18.0 Å². The Hall–Kier alpha value is -2.24. The van der Waals surface area contributed by atoms with Gasteiger partial charge in [-0.25, -0.2) is 9.59 Å². The molecule has 0 saturated heterocycles. The number of carboxylic acids is 1. The van der Waals surface area contributed by atoms with E-state index in [-0.39, 0.29) is 5.92 Å². The Morgan fingerprint density at radius 2 is 2.05 bits per heavy atom. The van der Waals surface area contributed by atoms with Crippen LogP contribution in [0.25, 0.3) is 0 Å². The van der Waals surface area contributed by atoms with Crippen molar-refractivity contribution in [1.29, 1.82) is 0 Å². The van der Waals surface area contributed by atoms with Crippen molar-refractivity contribution in [3.63, 3.8) is 0 Å². The number of ether oxygens (including phenoxy) is 1. The van der Waals surface area contributed by atoms with Crippen molar-refractivity contribution in [2.24, 2.45) is 5.92 Å². The number of carbonyl (C=O) groups is 2. The molecule has 0 aliphatic heterocycles. The quantitative estimate of drug-likeness (QED) is 0.844. The zero-order chi connectivity index (χ0) is 16.0. The average Bonchev–Trinajstić information content (AvgIpc) is 2.45. The molecule has 0 aromatic heterocycles. The Balaban J connectivity index is 2.78. The molecule has 0 heterocycles. The largest absolute Gasteiger partial charge is 0.497 e. The minimum atomic E-state index is -1.03. The molecule has 1 aromatic rings. The van der Waals surface area contributed by atoms with Crippen LogP contribution in [0.15, 0.2) is 24.3 Å². The fraction of sp³-hybridized carbons (Fsp3) is 0.467. The first-order valence-corrected chi connectivity index (χ1v) is 6.76. The lowest BCUT2D eigenvalue weighted by molar-refractivity contribution is -0.139. The number of nitrogens with zero attached hydrogens (tertiary/aromatic N) is 1. The molecule has 2 N–H and O–H groups in total. The zero-order valence-corrected chi connectivity index (χ0v) is 12.8. The van der Waals surface area contributed by atoms with Crippen LogP contribution in [0.1, 0.15) is 20.3 Å². The molecule has 1 unspecified atom stereocenters. The van der Waals surface area contributed by atoms with Crippen LogP contribution < -0.4 is 15.0 Å². The standard InChI is InChI=1S/C15H22N2O4/c1-10(2)8-13(14(18)19)16-15(20)17(3)11-6-5-7-12(9-11)21-4/h5-7,9-10,13H,8H2,1-4H3,(H,16,20)(H,18,19). The predicted octanol–water partition coefficient (Wildman–Crippen LogP) is 2.34. The van der Waals surface area contributed by atoms with E-state index in [9.17, 15) is 9.59 Å². The number of benzene rings is 1. The number of hydrogen-bond acceptors (Lipinski definition) is 3. The molecule has 1 rings (SSSR count). The molecule has 0 fully saturated rings. The number of aliphatic carboxylic acids is 1. The fourth-order valence-corrected chi connectivity index (χ4v) is 1.88. The van der Waals surface area contributed by atoms with E-state index in [0.717, 1.165) is 0 Å². The number of carbonyl (C=O) groups excluding carboxylic acids is 1. The maximum Gasteiger partial charge on any atom is 0.326 e. The van der Waals surface area contributed by atoms with E-state index >= 15 is 0 Å². The highest BCUT2D eigenvalue weighted by Gasteiger charge is 2.23. The molecule has 0 bridgehead atoms. The van der Waals surface area contributed by atoms with Gasteiger partial charge in [-0.15, -0.1) is 0 Å². The highest BCUT2D eigenvalue weighted by molar-refractivity contribution is 5.94. The maximum absolute atomic E-state index is 12.2. The third-order valence-electron chi connectivity index (χ3n) is 3.05. The van der Waals surface area contributed by atoms with Gasteiger partial charge in [0.1, 0.15) is 11.8 Å². The second-order valence-electron chi connectivity index (χ2n) is 5.23. The number of urea groups is 1. The molecular weight excluding hydrogens is 272 g/mol. The number of nitrogens with one attached hydrogen (secondary N) is 1. The van der Waals surface area contributed by atoms with E-state index in [4.69, 9.17) is 9.84 Å². The van der Waals surface area contributed by atoms with Crippen molar-refractivity contribution in [2.45, 2.75) is 26.3 Å². The highest BCUT2D eigenvalue weighted by Crippen LogP contribution is 2.20. The van der Waals surface area contributed by atoms with Crippen molar-refractivity contribution in [3.05, 3.63) is 24.3 Å². The zero-order valence-electron chi connectivity index (χ0n) is 12.8. The summed E-state index contributed by atoms with van der Waals surface area (Å²) in [4.78, 5) is 24.7. The Bertz CT molecular complexity index is 502. The molecule has 6 nitrogen and oxygen atoms in total. The number of amides is 2. The summed E-state index contributed by atoms with van der Waals surface area (Å²) in [7, 11) is 3.13. The predicted molar refractivity (Wildman–Crippen MR) is 80.8 cm³/mol. The smallest absolute Gasteiger partial charge is 0.326 e. The van der Waals surface area contributed by atoms with Gasteiger partial charge in [0.05, 0.1) is 7.11 Å². The number of rotatable bonds is 6. The summed E-state index contributed by atoms with van der Waals surface area (Å²) in [5, 5.41) is 11.7. The van der Waals surface area contributed by atoms with Gasteiger partial charge in [-0.3, -0.25) is 4.90 Å². The SMILES string of the molecule is COc1cccc(N(C)C(=O)NC(CC(C)C)C(=O)O)c1. The first-order chi connectivity index (χ1) is 9.85. The Kier molecular flexibility index (Phi) is 6.02. The minimum Gasteiger partial charge on any atom is -0.497 e. The second-order valence-corrected chi connectivity index (χ2v) is 5.23. The third kappa shape index (κ3) is 4.98. The van der Waals surface area contributed by atoms with Crippen molar-refractivity contribution in [3.8, 4) is 5.75 Å². The molecule has 0 aliphatic carbocycles. The lowest BCUT2D eigenvalue weighted by Gasteiger charge is -2.22. The topological polar surface area (TPSA) is 78.9 Å². The van der Waals surface area contributed by atoms with E-state index in [0.29, 0.717) is 17.9 Å². The highest BCUT2D eigenvalue weighted by atomic mass is 16.5. The van der Waals surface area contributed by atoms with E-state index in [2.05, 4.69) is 5.32 Å². The molecule has 2 amide bonds. The van der Waals surface area contributed by atoms with E-state index in [1.807, 2.05) is 13.8 Å². The maximum atomic E-state index is 12.2. The van der Waals surface area contributed by atoms with Crippen molar-refractivity contribution < 1.29 is 19.4 Å². The van der Waals surface area contributed by atoms with Crippen LogP contribution in [-0.4, -0.2) is 37.3 Å². The minimum absolute atomic E-state index is 0.175. The van der Waals surface area contributed by atoms with Gasteiger partial charge in [0, 0.05) is 18.8 Å². The molecule has 116 valence electrons. The van der Waals surface area contributed by atoms with Gasteiger partial charge >= 0.3 is 12.0 Å². The molecule has 1 aromatic carbocycles. The summed E-state index contributed by atoms with van der Waals surface area (Å²) in [6.45, 7) is 3.82. The fourth-order valence-electron chi connectivity index (χ4n) is 1.88. The van der Waals surface area contributed by atoms with Gasteiger partial charge in [-0.05, 0) is 24.5 Å². The number of carboxylic acid groups (broad SMARTS) is 1. The third-order valence-corrected chi connectivity index (χ3v) is 3.05. The summed E-state index contributed by atoms with van der Waals surface area (Å²) < 4.78 is 5.10. The molecule has 0 aliphatic rings. The summed E-state index contributed by atoms with van der Waals surface area (Å²) >= 11 is 0. The van der Waals surface area contributed by atoms with Crippen LogP contribution in [0.4, 0.5) is 10.5 Å². The van der Waals surface area contributed by atoms with Crippen molar-refractivity contribution >= 4 is 17.7 Å². The Labute approximate surface area is 124 Å². The summed E-state index contributed by atoms with van der Waals surface area (Å²) in [6, 6.07) is 5.63. The van der Waals surface area contributed by atoms with Crippen molar-refractivity contribution in [1.82, 2.24) is 5.32 Å². The lowest BCUT2D eigenvalue weighted by atomic mass is 10.0. The average molecular weight is 294 g/mol. The van der Waals surface area contributed by atoms with Crippen molar-refractivity contribution in [2.75, 3.05) is 19.1 Å². The first kappa shape index (κ1) is 16.8. The van der Waals surface area contributed by atoms with Crippen LogP contribution in [0, 0.1) is 5.92 Å². The summed E-state index contributed by atoms with van der Waals surface area (Å²) in [5.74, 6) is -0.228. The van der Waals surface area contributed by atoms with Gasteiger partial charge < -0.3 is 15.2 Å². The Morgan fingerprint density at radius 3 is 2.57 bits per heavy atom. The van der Waals surface area contributed by atoms with Gasteiger partial charge in [0.25, 0.3) is 0 Å². The van der Waals surface area contributed by atoms with Gasteiger partial charge in [-0.1, -0.05) is 19.9 Å². The molecule has 0 spiro atoms. The number of anilines is 1.